The topological polar surface area (TPSA) is 52.6 Å². The molecule has 0 amide bonds. The van der Waals surface area contributed by atoms with E-state index in [4.69, 9.17) is 0 Å². The molecule has 0 saturated carbocycles. The third kappa shape index (κ3) is 3.08. The molecule has 0 aliphatic heterocycles. The standard InChI is InChI=1S/C7H7F3O4/c1-13-3-4(6(12)14-2)5(11)7(8,9)10/h3H,1-2H3/b4-3+. The van der Waals surface area contributed by atoms with Gasteiger partial charge >= 0.3 is 12.1 Å². The summed E-state index contributed by atoms with van der Waals surface area (Å²) < 4.78 is 43.7. The number of carbonyl (C=O) groups excluding carboxylic acids is 2. The minimum atomic E-state index is -5.13. The molecule has 0 atom stereocenters. The number of carbonyl (C=O) groups is 2. The quantitative estimate of drug-likeness (QED) is 0.228. The zero-order valence-electron chi connectivity index (χ0n) is 7.34. The molecule has 14 heavy (non-hydrogen) atoms. The minimum Gasteiger partial charge on any atom is -0.503 e. The van der Waals surface area contributed by atoms with Crippen molar-refractivity contribution in [3.05, 3.63) is 11.8 Å². The van der Waals surface area contributed by atoms with Crippen molar-refractivity contribution in [2.75, 3.05) is 14.2 Å². The predicted octanol–water partition coefficient (Wildman–Crippen LogP) is 0.821. The van der Waals surface area contributed by atoms with Crippen LogP contribution in [0.25, 0.3) is 0 Å². The van der Waals surface area contributed by atoms with Crippen molar-refractivity contribution in [2.45, 2.75) is 6.18 Å². The maximum absolute atomic E-state index is 11.9. The molecule has 0 rings (SSSR count). The minimum absolute atomic E-state index is 0.391. The maximum atomic E-state index is 11.9. The van der Waals surface area contributed by atoms with Gasteiger partial charge in [0.1, 0.15) is 11.8 Å². The van der Waals surface area contributed by atoms with Gasteiger partial charge in [-0.05, 0) is 0 Å². The first-order valence-electron chi connectivity index (χ1n) is 3.27. The van der Waals surface area contributed by atoms with Crippen LogP contribution in [0.4, 0.5) is 13.2 Å². The Labute approximate surface area is 77.3 Å². The second-order valence-corrected chi connectivity index (χ2v) is 2.09. The van der Waals surface area contributed by atoms with Crippen LogP contribution in [0.3, 0.4) is 0 Å². The fourth-order valence-electron chi connectivity index (χ4n) is 0.575. The number of alkyl halides is 3. The van der Waals surface area contributed by atoms with Crippen molar-refractivity contribution >= 4 is 11.8 Å². The van der Waals surface area contributed by atoms with Gasteiger partial charge in [-0.2, -0.15) is 13.2 Å². The first-order valence-corrected chi connectivity index (χ1v) is 3.27. The van der Waals surface area contributed by atoms with E-state index in [2.05, 4.69) is 9.47 Å². The lowest BCUT2D eigenvalue weighted by Gasteiger charge is -2.06. The van der Waals surface area contributed by atoms with E-state index in [9.17, 15) is 22.8 Å². The van der Waals surface area contributed by atoms with Crippen LogP contribution in [0.2, 0.25) is 0 Å². The van der Waals surface area contributed by atoms with Crippen molar-refractivity contribution in [2.24, 2.45) is 0 Å². The van der Waals surface area contributed by atoms with Crippen LogP contribution in [0.15, 0.2) is 11.8 Å². The van der Waals surface area contributed by atoms with E-state index in [1.165, 1.54) is 0 Å². The van der Waals surface area contributed by atoms with Crippen molar-refractivity contribution in [3.63, 3.8) is 0 Å². The van der Waals surface area contributed by atoms with Crippen LogP contribution in [0.5, 0.6) is 0 Å². The molecule has 0 heterocycles. The number of hydrogen-bond donors (Lipinski definition) is 0. The number of Topliss-reactive ketones (excluding diaryl/α,β-unsaturated/α-hetero) is 1. The third-order valence-corrected chi connectivity index (χ3v) is 1.14. The Balaban J connectivity index is 4.96. The van der Waals surface area contributed by atoms with Crippen LogP contribution in [-0.2, 0) is 19.1 Å². The molecule has 0 fully saturated rings. The van der Waals surface area contributed by atoms with Crippen molar-refractivity contribution in [3.8, 4) is 0 Å². The second-order valence-electron chi connectivity index (χ2n) is 2.09. The molecule has 7 heteroatoms. The lowest BCUT2D eigenvalue weighted by molar-refractivity contribution is -0.168. The Hall–Kier alpha value is -1.53. The highest BCUT2D eigenvalue weighted by Crippen LogP contribution is 2.21. The van der Waals surface area contributed by atoms with Gasteiger partial charge in [0.15, 0.2) is 0 Å². The van der Waals surface area contributed by atoms with Crippen molar-refractivity contribution in [1.82, 2.24) is 0 Å². The second kappa shape index (κ2) is 4.64. The van der Waals surface area contributed by atoms with E-state index in [1.54, 1.807) is 0 Å². The molecule has 0 saturated heterocycles. The fraction of sp³-hybridized carbons (Fsp3) is 0.429. The number of esters is 1. The molecule has 0 aromatic rings. The molecule has 80 valence electrons. The zero-order valence-corrected chi connectivity index (χ0v) is 7.34. The van der Waals surface area contributed by atoms with Gasteiger partial charge in [-0.25, -0.2) is 4.79 Å². The maximum Gasteiger partial charge on any atom is 0.455 e. The molecule has 0 aromatic heterocycles. The molecule has 4 nitrogen and oxygen atoms in total. The number of rotatable bonds is 3. The summed E-state index contributed by atoms with van der Waals surface area (Å²) in [6.07, 6.45) is -4.74. The number of hydrogen-bond acceptors (Lipinski definition) is 4. The van der Waals surface area contributed by atoms with E-state index in [-0.39, 0.29) is 0 Å². The number of halogens is 3. The van der Waals surface area contributed by atoms with Crippen LogP contribution < -0.4 is 0 Å². The first-order chi connectivity index (χ1) is 6.34. The average Bonchev–Trinajstić information content (AvgIpc) is 2.10. The van der Waals surface area contributed by atoms with Crippen LogP contribution >= 0.6 is 0 Å². The third-order valence-electron chi connectivity index (χ3n) is 1.14. The summed E-state index contributed by atoms with van der Waals surface area (Å²) in [5.74, 6) is -3.69. The molecule has 0 aliphatic carbocycles. The fourth-order valence-corrected chi connectivity index (χ4v) is 0.575. The van der Waals surface area contributed by atoms with E-state index in [0.29, 0.717) is 6.26 Å². The normalized spacial score (nSPS) is 12.2. The van der Waals surface area contributed by atoms with Gasteiger partial charge in [0.05, 0.1) is 14.2 Å². The van der Waals surface area contributed by atoms with Gasteiger partial charge in [0.25, 0.3) is 5.78 Å². The van der Waals surface area contributed by atoms with Gasteiger partial charge in [-0.15, -0.1) is 0 Å². The van der Waals surface area contributed by atoms with Crippen LogP contribution in [0.1, 0.15) is 0 Å². The smallest absolute Gasteiger partial charge is 0.455 e. The van der Waals surface area contributed by atoms with E-state index in [1.807, 2.05) is 0 Å². The number of ketones is 1. The molecule has 0 aromatic carbocycles. The van der Waals surface area contributed by atoms with Crippen LogP contribution in [-0.4, -0.2) is 32.1 Å². The monoisotopic (exact) mass is 212 g/mol. The Morgan fingerprint density at radius 3 is 2.00 bits per heavy atom. The summed E-state index contributed by atoms with van der Waals surface area (Å²) in [7, 11) is 1.86. The number of ether oxygens (including phenoxy) is 2. The zero-order chi connectivity index (χ0) is 11.4. The average molecular weight is 212 g/mol. The summed E-state index contributed by atoms with van der Waals surface area (Å²) in [6, 6.07) is 0. The Morgan fingerprint density at radius 2 is 1.71 bits per heavy atom. The van der Waals surface area contributed by atoms with Gasteiger partial charge in [-0.3, -0.25) is 4.79 Å². The van der Waals surface area contributed by atoms with Gasteiger partial charge < -0.3 is 9.47 Å². The lowest BCUT2D eigenvalue weighted by atomic mass is 10.2. The highest BCUT2D eigenvalue weighted by atomic mass is 19.4. The molecular weight excluding hydrogens is 205 g/mol. The Kier molecular flexibility index (Phi) is 4.13. The summed E-state index contributed by atoms with van der Waals surface area (Å²) in [6.45, 7) is 0. The van der Waals surface area contributed by atoms with E-state index < -0.39 is 23.5 Å². The largest absolute Gasteiger partial charge is 0.503 e. The first kappa shape index (κ1) is 12.5. The molecule has 0 N–H and O–H groups in total. The van der Waals surface area contributed by atoms with Crippen molar-refractivity contribution in [1.29, 1.82) is 0 Å². The lowest BCUT2D eigenvalue weighted by Crippen LogP contribution is -2.29. The van der Waals surface area contributed by atoms with Crippen molar-refractivity contribution < 1.29 is 32.2 Å². The molecule has 0 bridgehead atoms. The highest BCUT2D eigenvalue weighted by molar-refractivity contribution is 6.19. The molecule has 0 unspecified atom stereocenters. The van der Waals surface area contributed by atoms with Gasteiger partial charge in [-0.1, -0.05) is 0 Å². The van der Waals surface area contributed by atoms with E-state index >= 15 is 0 Å². The summed E-state index contributed by atoms with van der Waals surface area (Å²) in [4.78, 5) is 21.3. The van der Waals surface area contributed by atoms with E-state index in [0.717, 1.165) is 14.2 Å². The predicted molar refractivity (Wildman–Crippen MR) is 38.2 cm³/mol. The summed E-state index contributed by atoms with van der Waals surface area (Å²) in [5, 5.41) is 0. The molecule has 0 spiro atoms. The summed E-state index contributed by atoms with van der Waals surface area (Å²) in [5.41, 5.74) is -1.19. The summed E-state index contributed by atoms with van der Waals surface area (Å²) >= 11 is 0. The van der Waals surface area contributed by atoms with Crippen LogP contribution in [0, 0.1) is 0 Å². The number of methoxy groups -OCH3 is 2. The highest BCUT2D eigenvalue weighted by Gasteiger charge is 2.43. The molecular formula is C7H7F3O4. The Bertz CT molecular complexity index is 267. The van der Waals surface area contributed by atoms with Gasteiger partial charge in [0.2, 0.25) is 0 Å². The Morgan fingerprint density at radius 1 is 1.21 bits per heavy atom. The molecule has 0 aliphatic rings. The SMILES string of the molecule is CO/C=C(/C(=O)OC)C(=O)C(F)(F)F. The van der Waals surface area contributed by atoms with Gasteiger partial charge in [0, 0.05) is 0 Å². The molecule has 0 radical (unpaired) electrons.